The zero-order chi connectivity index (χ0) is 11.4. The van der Waals surface area contributed by atoms with Gasteiger partial charge in [-0.05, 0) is 18.2 Å². The predicted octanol–water partition coefficient (Wildman–Crippen LogP) is 0.943. The van der Waals surface area contributed by atoms with Crippen LogP contribution >= 0.6 is 0 Å². The van der Waals surface area contributed by atoms with Crippen molar-refractivity contribution in [3.63, 3.8) is 0 Å². The number of carboxylic acids is 2. The Bertz CT molecular complexity index is 460. The maximum absolute atomic E-state index is 10.7. The van der Waals surface area contributed by atoms with Crippen LogP contribution in [0.15, 0.2) is 18.2 Å². The molecule has 0 spiro atoms. The van der Waals surface area contributed by atoms with E-state index in [-0.39, 0.29) is 11.3 Å². The number of rotatable bonds is 3. The third-order valence-corrected chi connectivity index (χ3v) is 1.62. The Kier molecular flexibility index (Phi) is 2.88. The van der Waals surface area contributed by atoms with E-state index in [1.54, 1.807) is 0 Å². The molecule has 0 fully saturated rings. The van der Waals surface area contributed by atoms with Gasteiger partial charge in [0.2, 0.25) is 0 Å². The van der Waals surface area contributed by atoms with Gasteiger partial charge in [-0.2, -0.15) is 0 Å². The lowest BCUT2D eigenvalue weighted by Crippen LogP contribution is -2.07. The van der Waals surface area contributed by atoms with Gasteiger partial charge >= 0.3 is 11.9 Å². The third kappa shape index (κ3) is 2.22. The molecular weight excluding hydrogens is 202 g/mol. The number of nitriles is 1. The molecule has 6 heteroatoms. The van der Waals surface area contributed by atoms with E-state index in [0.29, 0.717) is 0 Å². The van der Waals surface area contributed by atoms with Crippen molar-refractivity contribution in [2.24, 2.45) is 0 Å². The highest BCUT2D eigenvalue weighted by molar-refractivity contribution is 6.01. The number of carboxylic acid groups (broad SMARTS) is 2. The molecule has 1 aromatic carbocycles. The number of carbonyl (C=O) groups is 2. The molecule has 0 saturated carbocycles. The monoisotopic (exact) mass is 207 g/mol. The Morgan fingerprint density at radius 2 is 1.80 bits per heavy atom. The lowest BCUT2D eigenvalue weighted by Gasteiger charge is -2.02. The summed E-state index contributed by atoms with van der Waals surface area (Å²) in [5.74, 6) is -2.76. The Morgan fingerprint density at radius 3 is 2.27 bits per heavy atom. The van der Waals surface area contributed by atoms with Gasteiger partial charge in [0.15, 0.2) is 0 Å². The molecule has 0 bridgehead atoms. The minimum atomic E-state index is -1.39. The molecule has 15 heavy (non-hydrogen) atoms. The predicted molar refractivity (Wildman–Crippen MR) is 46.6 cm³/mol. The quantitative estimate of drug-likeness (QED) is 0.714. The van der Waals surface area contributed by atoms with Crippen LogP contribution in [0.25, 0.3) is 0 Å². The van der Waals surface area contributed by atoms with E-state index in [2.05, 4.69) is 4.74 Å². The topological polar surface area (TPSA) is 108 Å². The summed E-state index contributed by atoms with van der Waals surface area (Å²) >= 11 is 0. The number of ether oxygens (including phenoxy) is 1. The summed E-state index contributed by atoms with van der Waals surface area (Å²) in [7, 11) is 0. The Morgan fingerprint density at radius 1 is 1.20 bits per heavy atom. The van der Waals surface area contributed by atoms with Crippen molar-refractivity contribution >= 4 is 11.9 Å². The Labute approximate surface area is 83.9 Å². The molecule has 0 aliphatic heterocycles. The van der Waals surface area contributed by atoms with Crippen molar-refractivity contribution in [1.82, 2.24) is 0 Å². The average Bonchev–Trinajstić information content (AvgIpc) is 2.17. The van der Waals surface area contributed by atoms with Gasteiger partial charge in [0.1, 0.15) is 5.75 Å². The summed E-state index contributed by atoms with van der Waals surface area (Å²) in [6, 6.07) is 3.26. The molecule has 0 atom stereocenters. The lowest BCUT2D eigenvalue weighted by atomic mass is 10.1. The zero-order valence-electron chi connectivity index (χ0n) is 7.30. The molecule has 6 nitrogen and oxygen atoms in total. The highest BCUT2D eigenvalue weighted by Gasteiger charge is 2.16. The Balaban J connectivity index is 3.28. The SMILES string of the molecule is N#COc1ccc(C(=O)O)c(C(=O)O)c1. The van der Waals surface area contributed by atoms with Crippen LogP contribution in [-0.2, 0) is 0 Å². The van der Waals surface area contributed by atoms with Crippen molar-refractivity contribution in [3.8, 4) is 12.0 Å². The van der Waals surface area contributed by atoms with Crippen LogP contribution in [0.1, 0.15) is 20.7 Å². The summed E-state index contributed by atoms with van der Waals surface area (Å²) < 4.78 is 4.38. The van der Waals surface area contributed by atoms with E-state index in [1.807, 2.05) is 0 Å². The largest absolute Gasteiger partial charge is 0.478 e. The maximum Gasteiger partial charge on any atom is 0.336 e. The molecule has 76 valence electrons. The molecule has 0 radical (unpaired) electrons. The second kappa shape index (κ2) is 4.11. The Hall–Kier alpha value is -2.55. The fourth-order valence-electron chi connectivity index (χ4n) is 1.00. The summed E-state index contributed by atoms with van der Waals surface area (Å²) in [5.41, 5.74) is -0.775. The molecule has 0 amide bonds. The minimum Gasteiger partial charge on any atom is -0.478 e. The summed E-state index contributed by atoms with van der Waals surface area (Å²) in [4.78, 5) is 21.3. The van der Waals surface area contributed by atoms with E-state index >= 15 is 0 Å². The van der Waals surface area contributed by atoms with Gasteiger partial charge in [0.05, 0.1) is 11.1 Å². The number of hydrogen-bond donors (Lipinski definition) is 2. The number of hydrogen-bond acceptors (Lipinski definition) is 4. The second-order valence-corrected chi connectivity index (χ2v) is 2.51. The minimum absolute atomic E-state index is 0.0140. The molecule has 0 aliphatic carbocycles. The first kappa shape index (κ1) is 10.5. The van der Waals surface area contributed by atoms with Crippen LogP contribution in [0.5, 0.6) is 5.75 Å². The van der Waals surface area contributed by atoms with Crippen molar-refractivity contribution in [2.75, 3.05) is 0 Å². The molecule has 0 aromatic heterocycles. The van der Waals surface area contributed by atoms with Gasteiger partial charge in [-0.1, -0.05) is 0 Å². The van der Waals surface area contributed by atoms with Crippen molar-refractivity contribution in [2.45, 2.75) is 0 Å². The molecule has 0 aliphatic rings. The first-order chi connectivity index (χ1) is 7.06. The number of nitrogens with zero attached hydrogens (tertiary/aromatic N) is 1. The summed E-state index contributed by atoms with van der Waals surface area (Å²) in [5, 5.41) is 25.6. The van der Waals surface area contributed by atoms with Crippen LogP contribution in [0.2, 0.25) is 0 Å². The van der Waals surface area contributed by atoms with Crippen LogP contribution in [-0.4, -0.2) is 22.2 Å². The van der Waals surface area contributed by atoms with Crippen LogP contribution in [0.4, 0.5) is 0 Å². The highest BCUT2D eigenvalue weighted by atomic mass is 16.5. The van der Waals surface area contributed by atoms with Crippen molar-refractivity contribution in [3.05, 3.63) is 29.3 Å². The van der Waals surface area contributed by atoms with Crippen molar-refractivity contribution < 1.29 is 24.5 Å². The van der Waals surface area contributed by atoms with Crippen LogP contribution < -0.4 is 4.74 Å². The first-order valence-electron chi connectivity index (χ1n) is 3.73. The molecular formula is C9H5NO5. The lowest BCUT2D eigenvalue weighted by molar-refractivity contribution is 0.0651. The van der Waals surface area contributed by atoms with Crippen molar-refractivity contribution in [1.29, 1.82) is 5.26 Å². The highest BCUT2D eigenvalue weighted by Crippen LogP contribution is 2.18. The van der Waals surface area contributed by atoms with Gasteiger partial charge < -0.3 is 14.9 Å². The van der Waals surface area contributed by atoms with E-state index in [1.165, 1.54) is 12.3 Å². The van der Waals surface area contributed by atoms with Crippen LogP contribution in [0, 0.1) is 11.5 Å². The first-order valence-corrected chi connectivity index (χ1v) is 3.73. The molecule has 0 heterocycles. The van der Waals surface area contributed by atoms with Gasteiger partial charge in [-0.15, -0.1) is 5.26 Å². The number of aromatic carboxylic acids is 2. The summed E-state index contributed by atoms with van der Waals surface area (Å²) in [6.07, 6.45) is 1.36. The fraction of sp³-hybridized carbons (Fsp3) is 0. The standard InChI is InChI=1S/C9H5NO5/c10-4-15-5-1-2-6(8(11)12)7(3-5)9(13)14/h1-3H,(H,11,12)(H,13,14). The van der Waals surface area contributed by atoms with E-state index in [9.17, 15) is 9.59 Å². The molecule has 0 unspecified atom stereocenters. The smallest absolute Gasteiger partial charge is 0.336 e. The third-order valence-electron chi connectivity index (χ3n) is 1.62. The van der Waals surface area contributed by atoms with E-state index in [4.69, 9.17) is 15.5 Å². The van der Waals surface area contributed by atoms with Gasteiger partial charge in [-0.3, -0.25) is 0 Å². The van der Waals surface area contributed by atoms with Gasteiger partial charge in [0, 0.05) is 0 Å². The zero-order valence-corrected chi connectivity index (χ0v) is 7.30. The normalized spacial score (nSPS) is 9.00. The van der Waals surface area contributed by atoms with Crippen LogP contribution in [0.3, 0.4) is 0 Å². The molecule has 1 rings (SSSR count). The maximum atomic E-state index is 10.7. The van der Waals surface area contributed by atoms with Gasteiger partial charge in [-0.25, -0.2) is 9.59 Å². The number of benzene rings is 1. The molecule has 0 saturated heterocycles. The van der Waals surface area contributed by atoms with Gasteiger partial charge in [0.25, 0.3) is 6.26 Å². The average molecular weight is 207 g/mol. The fourth-order valence-corrected chi connectivity index (χ4v) is 1.00. The second-order valence-electron chi connectivity index (χ2n) is 2.51. The summed E-state index contributed by atoms with van der Waals surface area (Å²) in [6.45, 7) is 0. The van der Waals surface area contributed by atoms with E-state index < -0.39 is 17.5 Å². The molecule has 1 aromatic rings. The molecule has 2 N–H and O–H groups in total. The van der Waals surface area contributed by atoms with E-state index in [0.717, 1.165) is 12.1 Å².